The molecule has 0 saturated heterocycles. The van der Waals surface area contributed by atoms with Gasteiger partial charge in [0.25, 0.3) is 0 Å². The zero-order chi connectivity index (χ0) is 9.68. The van der Waals surface area contributed by atoms with Gasteiger partial charge in [0.2, 0.25) is 0 Å². The summed E-state index contributed by atoms with van der Waals surface area (Å²) in [6.07, 6.45) is -0.448. The molecule has 2 N–H and O–H groups in total. The molecule has 1 heterocycles. The lowest BCUT2D eigenvalue weighted by atomic mass is 10.3. The Morgan fingerprint density at radius 2 is 2.54 bits per heavy atom. The predicted molar refractivity (Wildman–Crippen MR) is 57.1 cm³/mol. The molecule has 0 aromatic carbocycles. The highest BCUT2D eigenvalue weighted by Crippen LogP contribution is 2.17. The fourth-order valence-electron chi connectivity index (χ4n) is 0.926. The van der Waals surface area contributed by atoms with Crippen molar-refractivity contribution >= 4 is 22.9 Å². The fraction of sp³-hybridized carbons (Fsp3) is 0.333. The van der Waals surface area contributed by atoms with Gasteiger partial charge in [0.1, 0.15) is 6.10 Å². The molecule has 0 radical (unpaired) electrons. The normalized spacial score (nSPS) is 12.8. The highest BCUT2D eigenvalue weighted by molar-refractivity contribution is 7.10. The SMILES string of the molecule is C=C(Cl)CNCC(O)c1cccs1. The summed E-state index contributed by atoms with van der Waals surface area (Å²) in [5, 5.41) is 15.1. The molecule has 72 valence electrons. The van der Waals surface area contributed by atoms with Gasteiger partial charge in [-0.25, -0.2) is 0 Å². The number of hydrogen-bond donors (Lipinski definition) is 2. The van der Waals surface area contributed by atoms with Crippen LogP contribution in [-0.2, 0) is 0 Å². The molecular formula is C9H12ClNOS. The molecule has 1 unspecified atom stereocenters. The minimum atomic E-state index is -0.448. The van der Waals surface area contributed by atoms with Crippen LogP contribution in [0.2, 0.25) is 0 Å². The molecule has 1 rings (SSSR count). The first kappa shape index (κ1) is 10.7. The molecule has 0 aliphatic carbocycles. The number of halogens is 1. The molecule has 0 aliphatic rings. The van der Waals surface area contributed by atoms with E-state index in [9.17, 15) is 5.11 Å². The van der Waals surface area contributed by atoms with Crippen LogP contribution in [0.4, 0.5) is 0 Å². The number of hydrogen-bond acceptors (Lipinski definition) is 3. The Kier molecular flexibility index (Phi) is 4.45. The van der Waals surface area contributed by atoms with Gasteiger partial charge in [-0.3, -0.25) is 0 Å². The van der Waals surface area contributed by atoms with Crippen molar-refractivity contribution in [3.8, 4) is 0 Å². The summed E-state index contributed by atoms with van der Waals surface area (Å²) in [6, 6.07) is 3.83. The van der Waals surface area contributed by atoms with Crippen molar-refractivity contribution in [3.63, 3.8) is 0 Å². The van der Waals surface area contributed by atoms with E-state index in [1.54, 1.807) is 11.3 Å². The van der Waals surface area contributed by atoms with Crippen LogP contribution in [0.25, 0.3) is 0 Å². The Hall–Kier alpha value is -0.350. The standard InChI is InChI=1S/C9H12ClNOS/c1-7(10)5-11-6-8(12)9-3-2-4-13-9/h2-4,8,11-12H,1,5-6H2. The van der Waals surface area contributed by atoms with Crippen LogP contribution >= 0.6 is 22.9 Å². The van der Waals surface area contributed by atoms with Gasteiger partial charge < -0.3 is 10.4 Å². The van der Waals surface area contributed by atoms with Crippen LogP contribution in [0.5, 0.6) is 0 Å². The zero-order valence-electron chi connectivity index (χ0n) is 7.16. The summed E-state index contributed by atoms with van der Waals surface area (Å²) in [5.74, 6) is 0. The van der Waals surface area contributed by atoms with Crippen molar-refractivity contribution < 1.29 is 5.11 Å². The van der Waals surface area contributed by atoms with E-state index < -0.39 is 6.10 Å². The van der Waals surface area contributed by atoms with Crippen molar-refractivity contribution in [2.45, 2.75) is 6.10 Å². The maximum atomic E-state index is 9.60. The molecule has 0 fully saturated rings. The molecule has 0 amide bonds. The van der Waals surface area contributed by atoms with Crippen molar-refractivity contribution in [3.05, 3.63) is 34.0 Å². The van der Waals surface area contributed by atoms with E-state index in [1.165, 1.54) is 0 Å². The third-order valence-corrected chi connectivity index (χ3v) is 2.63. The van der Waals surface area contributed by atoms with Gasteiger partial charge in [0, 0.05) is 23.0 Å². The van der Waals surface area contributed by atoms with Crippen molar-refractivity contribution in [2.75, 3.05) is 13.1 Å². The molecule has 0 bridgehead atoms. The van der Waals surface area contributed by atoms with Gasteiger partial charge in [-0.1, -0.05) is 24.2 Å². The highest BCUT2D eigenvalue weighted by Gasteiger charge is 2.06. The average molecular weight is 218 g/mol. The van der Waals surface area contributed by atoms with E-state index in [4.69, 9.17) is 11.6 Å². The van der Waals surface area contributed by atoms with E-state index in [0.717, 1.165) is 4.88 Å². The third-order valence-electron chi connectivity index (χ3n) is 1.53. The van der Waals surface area contributed by atoms with Crippen LogP contribution in [-0.4, -0.2) is 18.2 Å². The summed E-state index contributed by atoms with van der Waals surface area (Å²) in [7, 11) is 0. The lowest BCUT2D eigenvalue weighted by Crippen LogP contribution is -2.21. The van der Waals surface area contributed by atoms with E-state index in [0.29, 0.717) is 18.1 Å². The molecule has 0 saturated carbocycles. The lowest BCUT2D eigenvalue weighted by molar-refractivity contribution is 0.180. The first-order chi connectivity index (χ1) is 6.20. The smallest absolute Gasteiger partial charge is 0.101 e. The minimum Gasteiger partial charge on any atom is -0.386 e. The number of rotatable bonds is 5. The van der Waals surface area contributed by atoms with Crippen LogP contribution in [0.1, 0.15) is 11.0 Å². The maximum Gasteiger partial charge on any atom is 0.101 e. The van der Waals surface area contributed by atoms with Crippen LogP contribution < -0.4 is 5.32 Å². The average Bonchev–Trinajstić information content (AvgIpc) is 2.55. The summed E-state index contributed by atoms with van der Waals surface area (Å²) >= 11 is 7.09. The van der Waals surface area contributed by atoms with Crippen LogP contribution in [0.15, 0.2) is 29.1 Å². The Morgan fingerprint density at radius 3 is 3.08 bits per heavy atom. The third kappa shape index (κ3) is 3.91. The number of nitrogens with one attached hydrogen (secondary N) is 1. The lowest BCUT2D eigenvalue weighted by Gasteiger charge is -2.08. The van der Waals surface area contributed by atoms with Gasteiger partial charge >= 0.3 is 0 Å². The quantitative estimate of drug-likeness (QED) is 0.792. The predicted octanol–water partition coefficient (Wildman–Crippen LogP) is 2.12. The second-order valence-corrected chi connectivity index (χ2v) is 4.19. The summed E-state index contributed by atoms with van der Waals surface area (Å²) in [5.41, 5.74) is 0. The zero-order valence-corrected chi connectivity index (χ0v) is 8.74. The molecule has 0 aliphatic heterocycles. The van der Waals surface area contributed by atoms with E-state index in [-0.39, 0.29) is 0 Å². The number of aliphatic hydroxyl groups is 1. The van der Waals surface area contributed by atoms with E-state index in [2.05, 4.69) is 11.9 Å². The molecular weight excluding hydrogens is 206 g/mol. The van der Waals surface area contributed by atoms with Crippen molar-refractivity contribution in [1.29, 1.82) is 0 Å². The summed E-state index contributed by atoms with van der Waals surface area (Å²) in [6.45, 7) is 4.58. The molecule has 4 heteroatoms. The van der Waals surface area contributed by atoms with Crippen molar-refractivity contribution in [1.82, 2.24) is 5.32 Å². The van der Waals surface area contributed by atoms with E-state index >= 15 is 0 Å². The largest absolute Gasteiger partial charge is 0.386 e. The Labute approximate surface area is 86.9 Å². The first-order valence-electron chi connectivity index (χ1n) is 3.95. The molecule has 1 aromatic rings. The molecule has 1 atom stereocenters. The Bertz CT molecular complexity index is 261. The van der Waals surface area contributed by atoms with Gasteiger partial charge in [-0.2, -0.15) is 0 Å². The number of thiophene rings is 1. The molecule has 2 nitrogen and oxygen atoms in total. The number of aliphatic hydroxyl groups excluding tert-OH is 1. The Morgan fingerprint density at radius 1 is 1.77 bits per heavy atom. The first-order valence-corrected chi connectivity index (χ1v) is 5.21. The molecule has 0 spiro atoms. The fourth-order valence-corrected chi connectivity index (χ4v) is 1.73. The van der Waals surface area contributed by atoms with Crippen LogP contribution in [0, 0.1) is 0 Å². The van der Waals surface area contributed by atoms with Gasteiger partial charge in [-0.05, 0) is 11.4 Å². The van der Waals surface area contributed by atoms with Gasteiger partial charge in [0.15, 0.2) is 0 Å². The minimum absolute atomic E-state index is 0.448. The molecule has 1 aromatic heterocycles. The second-order valence-electron chi connectivity index (χ2n) is 2.68. The van der Waals surface area contributed by atoms with Crippen LogP contribution in [0.3, 0.4) is 0 Å². The van der Waals surface area contributed by atoms with Gasteiger partial charge in [0.05, 0.1) is 0 Å². The topological polar surface area (TPSA) is 32.3 Å². The summed E-state index contributed by atoms with van der Waals surface area (Å²) in [4.78, 5) is 0.965. The Balaban J connectivity index is 2.26. The highest BCUT2D eigenvalue weighted by atomic mass is 35.5. The monoisotopic (exact) mass is 217 g/mol. The molecule has 13 heavy (non-hydrogen) atoms. The van der Waals surface area contributed by atoms with Crippen molar-refractivity contribution in [2.24, 2.45) is 0 Å². The van der Waals surface area contributed by atoms with Gasteiger partial charge in [-0.15, -0.1) is 11.3 Å². The second kappa shape index (κ2) is 5.40. The maximum absolute atomic E-state index is 9.60. The van der Waals surface area contributed by atoms with E-state index in [1.807, 2.05) is 17.5 Å². The summed E-state index contributed by atoms with van der Waals surface area (Å²) < 4.78 is 0.